The summed E-state index contributed by atoms with van der Waals surface area (Å²) in [7, 11) is 1.69. The van der Waals surface area contributed by atoms with E-state index in [-0.39, 0.29) is 35.2 Å². The van der Waals surface area contributed by atoms with Gasteiger partial charge in [-0.05, 0) is 35.6 Å². The normalized spacial score (nSPS) is 11.3. The van der Waals surface area contributed by atoms with Crippen molar-refractivity contribution in [3.05, 3.63) is 41.7 Å². The molecule has 0 saturated heterocycles. The van der Waals surface area contributed by atoms with E-state index in [0.717, 1.165) is 5.69 Å². The van der Waals surface area contributed by atoms with Crippen LogP contribution in [0.5, 0.6) is 5.75 Å². The van der Waals surface area contributed by atoms with Gasteiger partial charge < -0.3 is 15.7 Å². The number of hydrogen-bond donors (Lipinski definition) is 2. The van der Waals surface area contributed by atoms with E-state index < -0.39 is 0 Å². The predicted octanol–water partition coefficient (Wildman–Crippen LogP) is 3.18. The first-order valence-corrected chi connectivity index (χ1v) is 8.49. The fraction of sp³-hybridized carbons (Fsp3) is 0.474. The Bertz CT molecular complexity index is 738. The molecule has 1 aromatic heterocycles. The van der Waals surface area contributed by atoms with E-state index in [9.17, 15) is 9.90 Å². The summed E-state index contributed by atoms with van der Waals surface area (Å²) in [5, 5.41) is 14.4. The Balaban J connectivity index is 0.00000338. The Morgan fingerprint density at radius 2 is 1.88 bits per heavy atom. The first-order chi connectivity index (χ1) is 11.6. The molecule has 3 N–H and O–H groups in total. The third-order valence-corrected chi connectivity index (χ3v) is 4.29. The van der Waals surface area contributed by atoms with Crippen LogP contribution >= 0.6 is 12.4 Å². The molecule has 6 nitrogen and oxygen atoms in total. The molecule has 0 atom stereocenters. The van der Waals surface area contributed by atoms with Gasteiger partial charge in [0.1, 0.15) is 0 Å². The van der Waals surface area contributed by atoms with Crippen molar-refractivity contribution in [1.29, 1.82) is 0 Å². The molecule has 0 aliphatic carbocycles. The highest BCUT2D eigenvalue weighted by Crippen LogP contribution is 2.23. The topological polar surface area (TPSA) is 84.4 Å². The minimum absolute atomic E-state index is 0. The van der Waals surface area contributed by atoms with Crippen molar-refractivity contribution in [2.24, 2.45) is 11.1 Å². The van der Waals surface area contributed by atoms with E-state index in [2.05, 4.69) is 18.9 Å². The van der Waals surface area contributed by atoms with Gasteiger partial charge >= 0.3 is 0 Å². The van der Waals surface area contributed by atoms with E-state index in [4.69, 9.17) is 5.73 Å². The van der Waals surface area contributed by atoms with Gasteiger partial charge in [-0.1, -0.05) is 39.8 Å². The summed E-state index contributed by atoms with van der Waals surface area (Å²) in [6.07, 6.45) is 1.46. The van der Waals surface area contributed by atoms with E-state index in [1.165, 1.54) is 16.4 Å². The van der Waals surface area contributed by atoms with Gasteiger partial charge in [0.25, 0.3) is 5.91 Å². The zero-order valence-corrected chi connectivity index (χ0v) is 16.9. The molecule has 0 radical (unpaired) electrons. The summed E-state index contributed by atoms with van der Waals surface area (Å²) >= 11 is 0. The molecule has 0 aliphatic rings. The lowest BCUT2D eigenvalue weighted by Gasteiger charge is -2.28. The molecular formula is C19H29ClN4O2. The summed E-state index contributed by atoms with van der Waals surface area (Å²) < 4.78 is 1.52. The molecule has 2 aromatic rings. The molecule has 0 unspecified atom stereocenters. The smallest absolute Gasteiger partial charge is 0.278 e. The van der Waals surface area contributed by atoms with Gasteiger partial charge in [-0.15, -0.1) is 12.4 Å². The van der Waals surface area contributed by atoms with Crippen LogP contribution in [0.4, 0.5) is 0 Å². The minimum atomic E-state index is -0.323. The molecule has 0 aliphatic heterocycles. The lowest BCUT2D eigenvalue weighted by Crippen LogP contribution is -2.40. The monoisotopic (exact) mass is 380 g/mol. The molecular weight excluding hydrogens is 352 g/mol. The number of benzene rings is 1. The highest BCUT2D eigenvalue weighted by Gasteiger charge is 2.25. The van der Waals surface area contributed by atoms with Gasteiger partial charge in [0, 0.05) is 13.6 Å². The highest BCUT2D eigenvalue weighted by atomic mass is 35.5. The fourth-order valence-corrected chi connectivity index (χ4v) is 2.62. The van der Waals surface area contributed by atoms with Gasteiger partial charge in [0.05, 0.1) is 11.9 Å². The summed E-state index contributed by atoms with van der Waals surface area (Å²) in [6, 6.07) is 7.90. The van der Waals surface area contributed by atoms with Crippen LogP contribution in [0.25, 0.3) is 5.69 Å². The number of carbonyl (C=O) groups excluding carboxylic acids is 1. The number of halogens is 1. The second kappa shape index (κ2) is 8.56. The molecule has 26 heavy (non-hydrogen) atoms. The quantitative estimate of drug-likeness (QED) is 0.806. The maximum atomic E-state index is 12.6. The maximum Gasteiger partial charge on any atom is 0.278 e. The van der Waals surface area contributed by atoms with E-state index in [1.54, 1.807) is 11.9 Å². The number of rotatable bonds is 6. The molecule has 1 amide bonds. The lowest BCUT2D eigenvalue weighted by atomic mass is 9.93. The van der Waals surface area contributed by atoms with Gasteiger partial charge in [-0.2, -0.15) is 5.10 Å². The van der Waals surface area contributed by atoms with Gasteiger partial charge in [0.15, 0.2) is 11.4 Å². The largest absolute Gasteiger partial charge is 0.504 e. The third kappa shape index (κ3) is 4.99. The van der Waals surface area contributed by atoms with Crippen LogP contribution in [-0.4, -0.2) is 45.8 Å². The van der Waals surface area contributed by atoms with Crippen LogP contribution in [0.2, 0.25) is 0 Å². The van der Waals surface area contributed by atoms with Gasteiger partial charge in [0.2, 0.25) is 0 Å². The van der Waals surface area contributed by atoms with Crippen molar-refractivity contribution >= 4 is 18.3 Å². The Labute approximate surface area is 161 Å². The first-order valence-electron chi connectivity index (χ1n) is 8.49. The molecule has 0 spiro atoms. The summed E-state index contributed by atoms with van der Waals surface area (Å²) in [6.45, 7) is 9.19. The van der Waals surface area contributed by atoms with Crippen molar-refractivity contribution < 1.29 is 9.90 Å². The van der Waals surface area contributed by atoms with Crippen molar-refractivity contribution in [2.75, 3.05) is 20.1 Å². The fourth-order valence-electron chi connectivity index (χ4n) is 2.62. The third-order valence-electron chi connectivity index (χ3n) is 4.29. The van der Waals surface area contributed by atoms with Crippen molar-refractivity contribution in [3.63, 3.8) is 0 Å². The first kappa shape index (κ1) is 22.0. The summed E-state index contributed by atoms with van der Waals surface area (Å²) in [5.74, 6) is -0.0105. The number of amides is 1. The average Bonchev–Trinajstić information content (AvgIpc) is 2.95. The van der Waals surface area contributed by atoms with Crippen molar-refractivity contribution in [2.45, 2.75) is 33.6 Å². The SMILES string of the molecule is CC(C)c1ccc(-n2cc(O)c(C(=O)N(C)CC(C)(C)CN)n2)cc1.Cl. The molecule has 1 aromatic carbocycles. The summed E-state index contributed by atoms with van der Waals surface area (Å²) in [4.78, 5) is 14.1. The molecule has 0 bridgehead atoms. The predicted molar refractivity (Wildman–Crippen MR) is 106 cm³/mol. The number of aromatic hydroxyl groups is 1. The zero-order chi connectivity index (χ0) is 18.8. The lowest BCUT2D eigenvalue weighted by molar-refractivity contribution is 0.0731. The molecule has 7 heteroatoms. The van der Waals surface area contributed by atoms with Crippen LogP contribution < -0.4 is 5.73 Å². The van der Waals surface area contributed by atoms with E-state index in [1.807, 2.05) is 38.1 Å². The van der Waals surface area contributed by atoms with Crippen LogP contribution in [0.3, 0.4) is 0 Å². The Morgan fingerprint density at radius 3 is 2.38 bits per heavy atom. The Kier molecular flexibility index (Phi) is 7.24. The van der Waals surface area contributed by atoms with Gasteiger partial charge in [-0.25, -0.2) is 4.68 Å². The minimum Gasteiger partial charge on any atom is -0.504 e. The molecule has 0 fully saturated rings. The van der Waals surface area contributed by atoms with Crippen LogP contribution in [0.1, 0.15) is 49.7 Å². The molecule has 144 valence electrons. The summed E-state index contributed by atoms with van der Waals surface area (Å²) in [5.41, 5.74) is 7.59. The average molecular weight is 381 g/mol. The Morgan fingerprint density at radius 1 is 1.31 bits per heavy atom. The number of nitrogens with two attached hydrogens (primary N) is 1. The molecule has 1 heterocycles. The van der Waals surface area contributed by atoms with E-state index >= 15 is 0 Å². The van der Waals surface area contributed by atoms with Gasteiger partial charge in [-0.3, -0.25) is 4.79 Å². The van der Waals surface area contributed by atoms with E-state index in [0.29, 0.717) is 19.0 Å². The zero-order valence-electron chi connectivity index (χ0n) is 16.1. The van der Waals surface area contributed by atoms with Crippen LogP contribution in [-0.2, 0) is 0 Å². The Hall–Kier alpha value is -2.05. The standard InChI is InChI=1S/C19H28N4O2.ClH/c1-13(2)14-6-8-15(9-7-14)23-10-16(24)17(21-23)18(25)22(5)12-19(3,4)11-20;/h6-10,13,24H,11-12,20H2,1-5H3;1H. The van der Waals surface area contributed by atoms with Crippen LogP contribution in [0.15, 0.2) is 30.5 Å². The van der Waals surface area contributed by atoms with Crippen LogP contribution in [0, 0.1) is 5.41 Å². The molecule has 2 rings (SSSR count). The number of aromatic nitrogens is 2. The number of hydrogen-bond acceptors (Lipinski definition) is 4. The van der Waals surface area contributed by atoms with Crippen molar-refractivity contribution in [3.8, 4) is 11.4 Å². The maximum absolute atomic E-state index is 12.6. The molecule has 0 saturated carbocycles. The number of carbonyl (C=O) groups is 1. The number of nitrogens with zero attached hydrogens (tertiary/aromatic N) is 3. The highest BCUT2D eigenvalue weighted by molar-refractivity contribution is 5.94. The second-order valence-electron chi connectivity index (χ2n) is 7.58. The second-order valence-corrected chi connectivity index (χ2v) is 7.58. The van der Waals surface area contributed by atoms with Crippen molar-refractivity contribution in [1.82, 2.24) is 14.7 Å².